The summed E-state index contributed by atoms with van der Waals surface area (Å²) >= 11 is 0. The molecule has 4 rings (SSSR count). The zero-order chi connectivity index (χ0) is 13.5. The molecular weight excluding hydrogens is 240 g/mol. The van der Waals surface area contributed by atoms with Gasteiger partial charge in [-0.25, -0.2) is 0 Å². The lowest BCUT2D eigenvalue weighted by Gasteiger charge is -2.50. The average Bonchev–Trinajstić information content (AvgIpc) is 2.48. The number of aryl methyl sites for hydroxylation is 1. The first-order chi connectivity index (χ1) is 9.83. The molecule has 0 aliphatic heterocycles. The number of benzene rings is 1. The lowest BCUT2D eigenvalue weighted by Crippen LogP contribution is -2.41. The predicted octanol–water partition coefficient (Wildman–Crippen LogP) is 5.17. The van der Waals surface area contributed by atoms with Gasteiger partial charge in [0.25, 0.3) is 0 Å². The topological polar surface area (TPSA) is 0 Å². The smallest absolute Gasteiger partial charge is 0.0159 e. The summed E-state index contributed by atoms with van der Waals surface area (Å²) in [6.45, 7) is 4.56. The number of allylic oxidation sites excluding steroid dienone is 1. The minimum atomic E-state index is 0.762. The fraction of sp³-hybridized carbons (Fsp3) is 0.600. The molecule has 0 radical (unpaired) electrons. The summed E-state index contributed by atoms with van der Waals surface area (Å²) in [4.78, 5) is 0. The molecule has 1 aromatic rings. The zero-order valence-electron chi connectivity index (χ0n) is 12.5. The summed E-state index contributed by atoms with van der Waals surface area (Å²) in [5, 5.41) is 0. The Bertz CT molecular complexity index is 513. The summed E-state index contributed by atoms with van der Waals surface area (Å²) in [6.07, 6.45) is 11.3. The van der Waals surface area contributed by atoms with Gasteiger partial charge in [-0.15, -0.1) is 0 Å². The van der Waals surface area contributed by atoms with Gasteiger partial charge >= 0.3 is 0 Å². The van der Waals surface area contributed by atoms with E-state index in [-0.39, 0.29) is 0 Å². The molecule has 106 valence electrons. The van der Waals surface area contributed by atoms with Gasteiger partial charge in [-0.3, -0.25) is 0 Å². The van der Waals surface area contributed by atoms with Gasteiger partial charge in [-0.2, -0.15) is 0 Å². The van der Waals surface area contributed by atoms with Crippen molar-refractivity contribution in [1.29, 1.82) is 0 Å². The predicted molar refractivity (Wildman–Crippen MR) is 84.7 cm³/mol. The first-order valence-corrected chi connectivity index (χ1v) is 8.58. The van der Waals surface area contributed by atoms with Crippen molar-refractivity contribution in [2.75, 3.05) is 0 Å². The Labute approximate surface area is 123 Å². The Kier molecular flexibility index (Phi) is 3.21. The van der Waals surface area contributed by atoms with E-state index in [0.29, 0.717) is 0 Å². The fourth-order valence-corrected chi connectivity index (χ4v) is 5.11. The van der Waals surface area contributed by atoms with Crippen LogP contribution < -0.4 is 0 Å². The number of hydrogen-bond acceptors (Lipinski definition) is 0. The summed E-state index contributed by atoms with van der Waals surface area (Å²) in [6, 6.07) is 9.03. The molecule has 2 fully saturated rings. The average molecular weight is 266 g/mol. The molecule has 0 nitrogen and oxygen atoms in total. The van der Waals surface area contributed by atoms with Crippen LogP contribution in [0.4, 0.5) is 0 Å². The normalized spacial score (nSPS) is 35.6. The largest absolute Gasteiger partial charge is 0.0993 e. The molecule has 3 aliphatic rings. The van der Waals surface area contributed by atoms with Gasteiger partial charge < -0.3 is 0 Å². The maximum atomic E-state index is 4.56. The Hall–Kier alpha value is -1.04. The van der Waals surface area contributed by atoms with Crippen LogP contribution in [-0.4, -0.2) is 0 Å². The van der Waals surface area contributed by atoms with Crippen molar-refractivity contribution >= 4 is 0 Å². The molecule has 1 aromatic carbocycles. The molecular formula is C20H26. The van der Waals surface area contributed by atoms with Crippen LogP contribution in [0, 0.1) is 23.7 Å². The molecule has 20 heavy (non-hydrogen) atoms. The second kappa shape index (κ2) is 5.06. The van der Waals surface area contributed by atoms with Crippen LogP contribution in [0.3, 0.4) is 0 Å². The van der Waals surface area contributed by atoms with Gasteiger partial charge in [0, 0.05) is 0 Å². The molecule has 3 aliphatic carbocycles. The minimum absolute atomic E-state index is 0.762. The summed E-state index contributed by atoms with van der Waals surface area (Å²) in [7, 11) is 0. The van der Waals surface area contributed by atoms with E-state index in [4.69, 9.17) is 0 Å². The highest BCUT2D eigenvalue weighted by molar-refractivity contribution is 5.32. The lowest BCUT2D eigenvalue weighted by atomic mass is 9.55. The van der Waals surface area contributed by atoms with Crippen LogP contribution in [-0.2, 0) is 12.8 Å². The molecule has 0 bridgehead atoms. The van der Waals surface area contributed by atoms with Crippen molar-refractivity contribution in [3.8, 4) is 0 Å². The SMILES string of the molecule is C=C(C1CCc2ccccc2C1)C1CC2CCCCC21. The molecule has 0 saturated heterocycles. The second-order valence-corrected chi connectivity index (χ2v) is 7.33. The van der Waals surface area contributed by atoms with E-state index in [2.05, 4.69) is 30.8 Å². The number of rotatable bonds is 2. The first-order valence-electron chi connectivity index (χ1n) is 8.58. The Balaban J connectivity index is 1.45. The fourth-order valence-electron chi connectivity index (χ4n) is 5.11. The number of fused-ring (bicyclic) bond motifs is 2. The van der Waals surface area contributed by atoms with E-state index in [1.54, 1.807) is 16.7 Å². The molecule has 4 unspecified atom stereocenters. The highest BCUT2D eigenvalue weighted by Gasteiger charge is 2.44. The molecule has 2 saturated carbocycles. The van der Waals surface area contributed by atoms with Gasteiger partial charge in [0.1, 0.15) is 0 Å². The van der Waals surface area contributed by atoms with Crippen molar-refractivity contribution in [3.63, 3.8) is 0 Å². The zero-order valence-corrected chi connectivity index (χ0v) is 12.5. The maximum absolute atomic E-state index is 4.56. The summed E-state index contributed by atoms with van der Waals surface area (Å²) in [5.74, 6) is 3.70. The van der Waals surface area contributed by atoms with Crippen molar-refractivity contribution in [2.45, 2.75) is 51.4 Å². The van der Waals surface area contributed by atoms with Crippen LogP contribution in [0.2, 0.25) is 0 Å². The van der Waals surface area contributed by atoms with E-state index in [9.17, 15) is 0 Å². The molecule has 0 amide bonds. The van der Waals surface area contributed by atoms with Crippen LogP contribution in [0.15, 0.2) is 36.4 Å². The van der Waals surface area contributed by atoms with E-state index in [1.807, 2.05) is 0 Å². The van der Waals surface area contributed by atoms with Gasteiger partial charge in [0.2, 0.25) is 0 Å². The highest BCUT2D eigenvalue weighted by atomic mass is 14.5. The van der Waals surface area contributed by atoms with Gasteiger partial charge in [-0.1, -0.05) is 55.7 Å². The lowest BCUT2D eigenvalue weighted by molar-refractivity contribution is 0.0462. The Morgan fingerprint density at radius 1 is 1.00 bits per heavy atom. The van der Waals surface area contributed by atoms with Gasteiger partial charge in [0.15, 0.2) is 0 Å². The monoisotopic (exact) mass is 266 g/mol. The van der Waals surface area contributed by atoms with Gasteiger partial charge in [0.05, 0.1) is 0 Å². The quantitative estimate of drug-likeness (QED) is 0.647. The van der Waals surface area contributed by atoms with Crippen molar-refractivity contribution in [2.24, 2.45) is 23.7 Å². The molecule has 0 aromatic heterocycles. The van der Waals surface area contributed by atoms with Crippen molar-refractivity contribution < 1.29 is 0 Å². The van der Waals surface area contributed by atoms with E-state index in [1.165, 1.54) is 51.4 Å². The van der Waals surface area contributed by atoms with Crippen molar-refractivity contribution in [3.05, 3.63) is 47.5 Å². The minimum Gasteiger partial charge on any atom is -0.0993 e. The van der Waals surface area contributed by atoms with Crippen LogP contribution in [0.5, 0.6) is 0 Å². The maximum Gasteiger partial charge on any atom is -0.0159 e. The Morgan fingerprint density at radius 3 is 2.65 bits per heavy atom. The third kappa shape index (κ3) is 2.05. The standard InChI is InChI=1S/C20H26/c1-14(20-13-18-8-4-5-9-19(18)20)16-11-10-15-6-2-3-7-17(15)12-16/h2-3,6-7,16,18-20H,1,4-5,8-13H2. The molecule has 0 heteroatoms. The highest BCUT2D eigenvalue weighted by Crippen LogP contribution is 2.54. The molecule has 0 N–H and O–H groups in total. The van der Waals surface area contributed by atoms with Crippen LogP contribution in [0.25, 0.3) is 0 Å². The molecule has 0 heterocycles. The van der Waals surface area contributed by atoms with E-state index < -0.39 is 0 Å². The van der Waals surface area contributed by atoms with Crippen molar-refractivity contribution in [1.82, 2.24) is 0 Å². The Morgan fingerprint density at radius 2 is 1.80 bits per heavy atom. The van der Waals surface area contributed by atoms with Gasteiger partial charge in [-0.05, 0) is 66.9 Å². The van der Waals surface area contributed by atoms with E-state index in [0.717, 1.165) is 23.7 Å². The molecule has 0 spiro atoms. The third-order valence-corrected chi connectivity index (χ3v) is 6.39. The first kappa shape index (κ1) is 12.7. The summed E-state index contributed by atoms with van der Waals surface area (Å²) < 4.78 is 0. The second-order valence-electron chi connectivity index (χ2n) is 7.33. The summed E-state index contributed by atoms with van der Waals surface area (Å²) in [5.41, 5.74) is 4.78. The number of hydrogen-bond donors (Lipinski definition) is 0. The third-order valence-electron chi connectivity index (χ3n) is 6.39. The van der Waals surface area contributed by atoms with Crippen LogP contribution in [0.1, 0.15) is 49.7 Å². The van der Waals surface area contributed by atoms with Crippen LogP contribution >= 0.6 is 0 Å². The molecule has 4 atom stereocenters. The van der Waals surface area contributed by atoms with E-state index >= 15 is 0 Å².